The molecule has 2 atom stereocenters. The van der Waals surface area contributed by atoms with E-state index in [1.165, 1.54) is 0 Å². The van der Waals surface area contributed by atoms with E-state index in [1.54, 1.807) is 12.1 Å². The van der Waals surface area contributed by atoms with Crippen LogP contribution in [-0.2, 0) is 4.79 Å². The van der Waals surface area contributed by atoms with Crippen molar-refractivity contribution in [2.75, 3.05) is 0 Å². The first-order chi connectivity index (χ1) is 6.02. The predicted molar refractivity (Wildman–Crippen MR) is 49.9 cm³/mol. The molecular weight excluding hydrogens is 214 g/mol. The molecule has 0 radical (unpaired) electrons. The number of halogens is 1. The molecule has 1 aromatic heterocycles. The summed E-state index contributed by atoms with van der Waals surface area (Å²) in [7, 11) is 0. The van der Waals surface area contributed by atoms with E-state index < -0.39 is 18.1 Å². The Balaban J connectivity index is 2.78. The van der Waals surface area contributed by atoms with Gasteiger partial charge in [0.05, 0.1) is 4.34 Å². The molecule has 0 aliphatic rings. The van der Waals surface area contributed by atoms with Crippen molar-refractivity contribution in [3.8, 4) is 0 Å². The number of carbonyl (C=O) groups is 1. The SMILES string of the molecule is NC(C(=O)O)C(O)c1ccc(Cl)s1. The number of thiophene rings is 1. The summed E-state index contributed by atoms with van der Waals surface area (Å²) in [6, 6.07) is 1.83. The topological polar surface area (TPSA) is 83.6 Å². The van der Waals surface area contributed by atoms with Gasteiger partial charge in [-0.2, -0.15) is 0 Å². The molecule has 0 fully saturated rings. The van der Waals surface area contributed by atoms with E-state index in [-0.39, 0.29) is 0 Å². The molecule has 4 N–H and O–H groups in total. The molecule has 4 nitrogen and oxygen atoms in total. The fourth-order valence-electron chi connectivity index (χ4n) is 0.799. The highest BCUT2D eigenvalue weighted by molar-refractivity contribution is 7.16. The van der Waals surface area contributed by atoms with Crippen LogP contribution in [0.3, 0.4) is 0 Å². The number of aliphatic hydroxyl groups excluding tert-OH is 1. The molecule has 0 bridgehead atoms. The Labute approximate surface area is 83.6 Å². The number of carboxylic acid groups (broad SMARTS) is 1. The highest BCUT2D eigenvalue weighted by Gasteiger charge is 2.24. The Hall–Kier alpha value is -0.620. The first-order valence-electron chi connectivity index (χ1n) is 3.44. The Morgan fingerprint density at radius 1 is 1.62 bits per heavy atom. The van der Waals surface area contributed by atoms with Gasteiger partial charge in [0.2, 0.25) is 0 Å². The molecule has 0 aliphatic heterocycles. The summed E-state index contributed by atoms with van der Waals surface area (Å²) in [5, 5.41) is 17.9. The average molecular weight is 222 g/mol. The monoisotopic (exact) mass is 221 g/mol. The molecule has 2 unspecified atom stereocenters. The highest BCUT2D eigenvalue weighted by Crippen LogP contribution is 2.28. The van der Waals surface area contributed by atoms with Gasteiger partial charge in [-0.05, 0) is 12.1 Å². The molecule has 6 heteroatoms. The highest BCUT2D eigenvalue weighted by atomic mass is 35.5. The maximum atomic E-state index is 10.4. The van der Waals surface area contributed by atoms with Gasteiger partial charge in [0, 0.05) is 4.88 Å². The van der Waals surface area contributed by atoms with E-state index in [0.717, 1.165) is 11.3 Å². The molecule has 1 heterocycles. The van der Waals surface area contributed by atoms with Crippen LogP contribution in [0.5, 0.6) is 0 Å². The number of aliphatic hydroxyl groups is 1. The van der Waals surface area contributed by atoms with Crippen molar-refractivity contribution in [3.63, 3.8) is 0 Å². The number of rotatable bonds is 3. The zero-order chi connectivity index (χ0) is 10.0. The molecule has 0 saturated carbocycles. The second-order valence-electron chi connectivity index (χ2n) is 2.45. The fraction of sp³-hybridized carbons (Fsp3) is 0.286. The Morgan fingerprint density at radius 2 is 2.23 bits per heavy atom. The first-order valence-corrected chi connectivity index (χ1v) is 4.63. The predicted octanol–water partition coefficient (Wildman–Crippen LogP) is 0.847. The maximum Gasteiger partial charge on any atom is 0.323 e. The number of carboxylic acids is 1. The Morgan fingerprint density at radius 3 is 2.62 bits per heavy atom. The summed E-state index contributed by atoms with van der Waals surface area (Å²) in [6.07, 6.45) is -1.20. The molecule has 13 heavy (non-hydrogen) atoms. The van der Waals surface area contributed by atoms with Crippen molar-refractivity contribution in [2.45, 2.75) is 12.1 Å². The largest absolute Gasteiger partial charge is 0.480 e. The standard InChI is InChI=1S/C7H8ClNO3S/c8-4-2-1-3(13-4)6(10)5(9)7(11)12/h1-2,5-6,10H,9H2,(H,11,12). The van der Waals surface area contributed by atoms with E-state index in [0.29, 0.717) is 9.21 Å². The van der Waals surface area contributed by atoms with Gasteiger partial charge in [0.15, 0.2) is 0 Å². The summed E-state index contributed by atoms with van der Waals surface area (Å²) in [5.74, 6) is -1.24. The van der Waals surface area contributed by atoms with E-state index in [4.69, 9.17) is 22.4 Å². The zero-order valence-corrected chi connectivity index (χ0v) is 8.05. The lowest BCUT2D eigenvalue weighted by molar-refractivity contribution is -0.141. The molecule has 0 spiro atoms. The Kier molecular flexibility index (Phi) is 3.27. The summed E-state index contributed by atoms with van der Waals surface area (Å²) < 4.78 is 0.492. The minimum atomic E-state index is -1.31. The molecule has 72 valence electrons. The van der Waals surface area contributed by atoms with Gasteiger partial charge in [-0.15, -0.1) is 11.3 Å². The van der Waals surface area contributed by atoms with Gasteiger partial charge in [-0.3, -0.25) is 4.79 Å². The van der Waals surface area contributed by atoms with Crippen LogP contribution in [0, 0.1) is 0 Å². The van der Waals surface area contributed by atoms with E-state index in [2.05, 4.69) is 0 Å². The smallest absolute Gasteiger partial charge is 0.323 e. The Bertz CT molecular complexity index is 314. The first kappa shape index (κ1) is 10.5. The molecule has 1 rings (SSSR count). The van der Waals surface area contributed by atoms with Crippen LogP contribution < -0.4 is 5.73 Å². The molecule has 0 aromatic carbocycles. The van der Waals surface area contributed by atoms with Crippen LogP contribution >= 0.6 is 22.9 Å². The van der Waals surface area contributed by atoms with Crippen molar-refractivity contribution in [1.29, 1.82) is 0 Å². The summed E-state index contributed by atoms with van der Waals surface area (Å²) >= 11 is 6.72. The van der Waals surface area contributed by atoms with Gasteiger partial charge < -0.3 is 15.9 Å². The second kappa shape index (κ2) is 4.06. The third kappa shape index (κ3) is 2.41. The van der Waals surface area contributed by atoms with Gasteiger partial charge >= 0.3 is 5.97 Å². The van der Waals surface area contributed by atoms with Gasteiger partial charge in [-0.1, -0.05) is 11.6 Å². The second-order valence-corrected chi connectivity index (χ2v) is 4.20. The number of nitrogens with two attached hydrogens (primary N) is 1. The minimum absolute atomic E-state index is 0.458. The molecule has 1 aromatic rings. The van der Waals surface area contributed by atoms with E-state index >= 15 is 0 Å². The van der Waals surface area contributed by atoms with Crippen LogP contribution in [0.1, 0.15) is 11.0 Å². The van der Waals surface area contributed by atoms with Crippen LogP contribution in [-0.4, -0.2) is 22.2 Å². The number of hydrogen-bond donors (Lipinski definition) is 3. The van der Waals surface area contributed by atoms with Gasteiger partial charge in [0.25, 0.3) is 0 Å². The molecular formula is C7H8ClNO3S. The molecule has 0 amide bonds. The lowest BCUT2D eigenvalue weighted by atomic mass is 10.1. The van der Waals surface area contributed by atoms with Crippen LogP contribution in [0.2, 0.25) is 4.34 Å². The summed E-state index contributed by atoms with van der Waals surface area (Å²) in [6.45, 7) is 0. The number of hydrogen-bond acceptors (Lipinski definition) is 4. The van der Waals surface area contributed by atoms with Crippen molar-refractivity contribution in [2.24, 2.45) is 5.73 Å². The summed E-state index contributed by atoms with van der Waals surface area (Å²) in [5.41, 5.74) is 5.22. The van der Waals surface area contributed by atoms with E-state index in [1.807, 2.05) is 0 Å². The number of aliphatic carboxylic acids is 1. The van der Waals surface area contributed by atoms with Crippen molar-refractivity contribution in [3.05, 3.63) is 21.3 Å². The van der Waals surface area contributed by atoms with Crippen LogP contribution in [0.15, 0.2) is 12.1 Å². The van der Waals surface area contributed by atoms with E-state index in [9.17, 15) is 9.90 Å². The fourth-order valence-corrected chi connectivity index (χ4v) is 1.89. The average Bonchev–Trinajstić information content (AvgIpc) is 2.49. The lowest BCUT2D eigenvalue weighted by Crippen LogP contribution is -2.36. The van der Waals surface area contributed by atoms with Crippen LogP contribution in [0.25, 0.3) is 0 Å². The quantitative estimate of drug-likeness (QED) is 0.707. The maximum absolute atomic E-state index is 10.4. The normalized spacial score (nSPS) is 15.3. The third-order valence-corrected chi connectivity index (χ3v) is 2.81. The van der Waals surface area contributed by atoms with Crippen molar-refractivity contribution in [1.82, 2.24) is 0 Å². The molecule has 0 saturated heterocycles. The van der Waals surface area contributed by atoms with Gasteiger partial charge in [0.1, 0.15) is 12.1 Å². The van der Waals surface area contributed by atoms with Crippen molar-refractivity contribution < 1.29 is 15.0 Å². The van der Waals surface area contributed by atoms with Gasteiger partial charge in [-0.25, -0.2) is 0 Å². The minimum Gasteiger partial charge on any atom is -0.480 e. The third-order valence-electron chi connectivity index (χ3n) is 1.51. The van der Waals surface area contributed by atoms with Crippen LogP contribution in [0.4, 0.5) is 0 Å². The molecule has 0 aliphatic carbocycles. The van der Waals surface area contributed by atoms with Crippen molar-refractivity contribution >= 4 is 28.9 Å². The summed E-state index contributed by atoms with van der Waals surface area (Å²) in [4.78, 5) is 10.9. The lowest BCUT2D eigenvalue weighted by Gasteiger charge is -2.12. The zero-order valence-electron chi connectivity index (χ0n) is 6.48.